The molecule has 0 radical (unpaired) electrons. The predicted octanol–water partition coefficient (Wildman–Crippen LogP) is 4.14. The van der Waals surface area contributed by atoms with E-state index in [9.17, 15) is 9.18 Å². The summed E-state index contributed by atoms with van der Waals surface area (Å²) in [6.45, 7) is 0. The van der Waals surface area contributed by atoms with Crippen molar-refractivity contribution in [2.24, 2.45) is 0 Å². The van der Waals surface area contributed by atoms with Gasteiger partial charge in [-0.05, 0) is 45.8 Å². The molecular weight excluding hydrogens is 317 g/mol. The fourth-order valence-electron chi connectivity index (χ4n) is 1.56. The number of nitriles is 1. The zero-order valence-corrected chi connectivity index (χ0v) is 11.5. The number of halogens is 2. The molecule has 0 N–H and O–H groups in total. The van der Waals surface area contributed by atoms with Crippen molar-refractivity contribution in [2.75, 3.05) is 0 Å². The summed E-state index contributed by atoms with van der Waals surface area (Å²) in [6.07, 6.45) is 0. The summed E-state index contributed by atoms with van der Waals surface area (Å²) in [5, 5.41) is 9.11. The first-order valence-corrected chi connectivity index (χ1v) is 6.67. The first kappa shape index (κ1) is 12.9. The van der Waals surface area contributed by atoms with Gasteiger partial charge in [-0.15, -0.1) is 11.3 Å². The Kier molecular flexibility index (Phi) is 3.90. The highest BCUT2D eigenvalue weighted by Gasteiger charge is 2.23. The molecule has 0 fully saturated rings. The Morgan fingerprint density at radius 1 is 1.39 bits per heavy atom. The normalized spacial score (nSPS) is 11.8. The van der Waals surface area contributed by atoms with Crippen LogP contribution < -0.4 is 0 Å². The number of benzene rings is 1. The second-order valence-electron chi connectivity index (χ2n) is 3.59. The van der Waals surface area contributed by atoms with E-state index in [0.29, 0.717) is 10.4 Å². The Balaban J connectivity index is 2.35. The van der Waals surface area contributed by atoms with E-state index < -0.39 is 11.7 Å². The van der Waals surface area contributed by atoms with E-state index in [0.717, 1.165) is 3.79 Å². The topological polar surface area (TPSA) is 40.9 Å². The van der Waals surface area contributed by atoms with Crippen LogP contribution in [0.4, 0.5) is 4.39 Å². The molecule has 0 saturated carbocycles. The molecule has 1 aromatic carbocycles. The molecule has 1 aromatic heterocycles. The quantitative estimate of drug-likeness (QED) is 0.796. The molecule has 0 saturated heterocycles. The van der Waals surface area contributed by atoms with Crippen LogP contribution >= 0.6 is 27.3 Å². The number of carbonyl (C=O) groups excluding carboxylic acids is 1. The molecule has 5 heteroatoms. The van der Waals surface area contributed by atoms with Crippen LogP contribution in [0.3, 0.4) is 0 Å². The van der Waals surface area contributed by atoms with Crippen molar-refractivity contribution in [1.82, 2.24) is 0 Å². The van der Waals surface area contributed by atoms with E-state index in [-0.39, 0.29) is 5.78 Å². The number of hydrogen-bond donors (Lipinski definition) is 0. The number of ketones is 1. The van der Waals surface area contributed by atoms with Gasteiger partial charge in [0.1, 0.15) is 11.7 Å². The Labute approximate surface area is 116 Å². The molecule has 1 atom stereocenters. The average molecular weight is 324 g/mol. The van der Waals surface area contributed by atoms with E-state index >= 15 is 0 Å². The largest absolute Gasteiger partial charge is 0.291 e. The zero-order valence-electron chi connectivity index (χ0n) is 9.06. The lowest BCUT2D eigenvalue weighted by atomic mass is 9.95. The molecule has 0 aliphatic carbocycles. The van der Waals surface area contributed by atoms with Gasteiger partial charge in [0.2, 0.25) is 0 Å². The van der Waals surface area contributed by atoms with E-state index in [1.165, 1.54) is 29.5 Å². The Hall–Kier alpha value is -1.51. The number of carbonyl (C=O) groups is 1. The second-order valence-corrected chi connectivity index (χ2v) is 6.05. The first-order chi connectivity index (χ1) is 8.61. The van der Waals surface area contributed by atoms with Crippen molar-refractivity contribution in [3.05, 3.63) is 56.4 Å². The van der Waals surface area contributed by atoms with Crippen LogP contribution in [0.2, 0.25) is 0 Å². The van der Waals surface area contributed by atoms with Crippen molar-refractivity contribution in [3.63, 3.8) is 0 Å². The van der Waals surface area contributed by atoms with Gasteiger partial charge in [-0.1, -0.05) is 12.1 Å². The van der Waals surface area contributed by atoms with Gasteiger partial charge in [-0.25, -0.2) is 4.39 Å². The van der Waals surface area contributed by atoms with Gasteiger partial charge in [0.25, 0.3) is 0 Å². The van der Waals surface area contributed by atoms with Crippen LogP contribution in [0.25, 0.3) is 0 Å². The lowest BCUT2D eigenvalue weighted by molar-refractivity contribution is 0.0983. The lowest BCUT2D eigenvalue weighted by Crippen LogP contribution is -2.09. The Morgan fingerprint density at radius 2 is 2.17 bits per heavy atom. The molecule has 0 aliphatic rings. The molecular formula is C13H7BrFNOS. The molecule has 0 aliphatic heterocycles. The van der Waals surface area contributed by atoms with Crippen LogP contribution in [0, 0.1) is 17.1 Å². The molecule has 2 rings (SSSR count). The molecule has 0 spiro atoms. The van der Waals surface area contributed by atoms with Crippen LogP contribution in [0.5, 0.6) is 0 Å². The van der Waals surface area contributed by atoms with Crippen molar-refractivity contribution in [3.8, 4) is 6.07 Å². The number of hydrogen-bond acceptors (Lipinski definition) is 3. The van der Waals surface area contributed by atoms with Gasteiger partial charge in [-0.3, -0.25) is 4.79 Å². The third-order valence-electron chi connectivity index (χ3n) is 2.39. The predicted molar refractivity (Wildman–Crippen MR) is 71.1 cm³/mol. The molecule has 2 nitrogen and oxygen atoms in total. The van der Waals surface area contributed by atoms with Crippen molar-refractivity contribution < 1.29 is 9.18 Å². The molecule has 2 aromatic rings. The van der Waals surface area contributed by atoms with E-state index in [2.05, 4.69) is 15.9 Å². The van der Waals surface area contributed by atoms with Crippen molar-refractivity contribution in [1.29, 1.82) is 5.26 Å². The van der Waals surface area contributed by atoms with Crippen molar-refractivity contribution >= 4 is 33.0 Å². The highest BCUT2D eigenvalue weighted by atomic mass is 79.9. The average Bonchev–Trinajstić information content (AvgIpc) is 2.77. The molecule has 18 heavy (non-hydrogen) atoms. The van der Waals surface area contributed by atoms with Crippen molar-refractivity contribution in [2.45, 2.75) is 5.92 Å². The minimum Gasteiger partial charge on any atom is -0.291 e. The standard InChI is InChI=1S/C13H7BrFNOS/c14-12-5-4-11(18-12)13(17)10(7-16)8-2-1-3-9(15)6-8/h1-6,10H. The van der Waals surface area contributed by atoms with Crippen LogP contribution in [-0.2, 0) is 0 Å². The van der Waals surface area contributed by atoms with Gasteiger partial charge in [0, 0.05) is 0 Å². The van der Waals surface area contributed by atoms with Crippen LogP contribution in [0.15, 0.2) is 40.2 Å². The van der Waals surface area contributed by atoms with Crippen LogP contribution in [0.1, 0.15) is 21.2 Å². The molecule has 0 bridgehead atoms. The minimum absolute atomic E-state index is 0.307. The highest BCUT2D eigenvalue weighted by Crippen LogP contribution is 2.28. The first-order valence-electron chi connectivity index (χ1n) is 5.06. The monoisotopic (exact) mass is 323 g/mol. The van der Waals surface area contributed by atoms with Gasteiger partial charge in [0.05, 0.1) is 14.7 Å². The number of thiophene rings is 1. The Bertz CT molecular complexity index is 632. The number of nitrogens with zero attached hydrogens (tertiary/aromatic N) is 1. The fraction of sp³-hybridized carbons (Fsp3) is 0.0769. The van der Waals surface area contributed by atoms with Crippen LogP contribution in [-0.4, -0.2) is 5.78 Å². The van der Waals surface area contributed by atoms with Gasteiger partial charge in [-0.2, -0.15) is 5.26 Å². The summed E-state index contributed by atoms with van der Waals surface area (Å²) >= 11 is 4.52. The summed E-state index contributed by atoms with van der Waals surface area (Å²) in [5.41, 5.74) is 0.382. The number of Topliss-reactive ketones (excluding diaryl/α,β-unsaturated/α-hetero) is 1. The maximum absolute atomic E-state index is 13.1. The van der Waals surface area contributed by atoms with Gasteiger partial charge < -0.3 is 0 Å². The highest BCUT2D eigenvalue weighted by molar-refractivity contribution is 9.11. The smallest absolute Gasteiger partial charge is 0.194 e. The third kappa shape index (κ3) is 2.66. The van der Waals surface area contributed by atoms with Gasteiger partial charge >= 0.3 is 0 Å². The maximum Gasteiger partial charge on any atom is 0.194 e. The van der Waals surface area contributed by atoms with E-state index in [4.69, 9.17) is 5.26 Å². The van der Waals surface area contributed by atoms with Gasteiger partial charge in [0.15, 0.2) is 5.78 Å². The second kappa shape index (κ2) is 5.42. The summed E-state index contributed by atoms with van der Waals surface area (Å²) in [6, 6.07) is 10.9. The minimum atomic E-state index is -0.966. The maximum atomic E-state index is 13.1. The zero-order chi connectivity index (χ0) is 13.1. The SMILES string of the molecule is N#CC(C(=O)c1ccc(Br)s1)c1cccc(F)c1. The molecule has 0 amide bonds. The van der Waals surface area contributed by atoms with E-state index in [1.54, 1.807) is 18.2 Å². The molecule has 90 valence electrons. The molecule has 1 heterocycles. The molecule has 1 unspecified atom stereocenters. The summed E-state index contributed by atoms with van der Waals surface area (Å²) in [7, 11) is 0. The third-order valence-corrected chi connectivity index (χ3v) is 4.03. The summed E-state index contributed by atoms with van der Waals surface area (Å²) in [4.78, 5) is 12.6. The number of rotatable bonds is 3. The Morgan fingerprint density at radius 3 is 2.72 bits per heavy atom. The lowest BCUT2D eigenvalue weighted by Gasteiger charge is -2.06. The summed E-state index contributed by atoms with van der Waals surface area (Å²) in [5.74, 6) is -1.72. The van der Waals surface area contributed by atoms with E-state index in [1.807, 2.05) is 6.07 Å². The summed E-state index contributed by atoms with van der Waals surface area (Å²) < 4.78 is 13.9. The fourth-order valence-corrected chi connectivity index (χ4v) is 2.92.